The van der Waals surface area contributed by atoms with E-state index in [1.807, 2.05) is 12.3 Å². The van der Waals surface area contributed by atoms with Crippen LogP contribution in [0, 0.1) is 5.92 Å². The first-order chi connectivity index (χ1) is 7.25. The lowest BCUT2D eigenvalue weighted by Gasteiger charge is -2.29. The van der Waals surface area contributed by atoms with Crippen molar-refractivity contribution < 1.29 is 5.11 Å². The number of hydrogen-bond donors (Lipinski definition) is 2. The van der Waals surface area contributed by atoms with Crippen molar-refractivity contribution in [1.82, 2.24) is 4.98 Å². The minimum atomic E-state index is -0.0444. The van der Waals surface area contributed by atoms with Gasteiger partial charge >= 0.3 is 0 Å². The molecule has 0 unspecified atom stereocenters. The minimum Gasteiger partial charge on any atom is -0.393 e. The topological polar surface area (TPSA) is 39.3 Å². The highest BCUT2D eigenvalue weighted by molar-refractivity contribution is 5.37. The Morgan fingerprint density at radius 3 is 2.73 bits per heavy atom. The molecule has 0 spiro atoms. The number of aromatic nitrogens is 1. The molecule has 1 saturated carbocycles. The Morgan fingerprint density at radius 2 is 2.13 bits per heavy atom. The SMILES string of the molecule is CN(CC1CCC(O)CC1)c1ccc[nH]1. The Morgan fingerprint density at radius 1 is 1.40 bits per heavy atom. The van der Waals surface area contributed by atoms with Crippen LogP contribution in [0.2, 0.25) is 0 Å². The van der Waals surface area contributed by atoms with Crippen LogP contribution in [0.5, 0.6) is 0 Å². The van der Waals surface area contributed by atoms with Gasteiger partial charge in [0.15, 0.2) is 0 Å². The molecule has 2 rings (SSSR count). The number of nitrogens with zero attached hydrogens (tertiary/aromatic N) is 1. The summed E-state index contributed by atoms with van der Waals surface area (Å²) < 4.78 is 0. The maximum Gasteiger partial charge on any atom is 0.105 e. The van der Waals surface area contributed by atoms with E-state index in [0.29, 0.717) is 0 Å². The van der Waals surface area contributed by atoms with Crippen LogP contribution in [0.1, 0.15) is 25.7 Å². The molecule has 1 aromatic heterocycles. The van der Waals surface area contributed by atoms with E-state index in [1.54, 1.807) is 0 Å². The van der Waals surface area contributed by atoms with Crippen LogP contribution in [0.25, 0.3) is 0 Å². The van der Waals surface area contributed by atoms with Gasteiger partial charge in [0.05, 0.1) is 6.10 Å². The van der Waals surface area contributed by atoms with Gasteiger partial charge in [-0.25, -0.2) is 0 Å². The molecule has 1 aliphatic carbocycles. The third kappa shape index (κ3) is 2.75. The number of H-pyrrole nitrogens is 1. The third-order valence-corrected chi connectivity index (χ3v) is 3.34. The molecular weight excluding hydrogens is 188 g/mol. The molecule has 1 fully saturated rings. The van der Waals surface area contributed by atoms with E-state index in [4.69, 9.17) is 0 Å². The van der Waals surface area contributed by atoms with Crippen LogP contribution in [0.3, 0.4) is 0 Å². The van der Waals surface area contributed by atoms with Crippen molar-refractivity contribution in [3.63, 3.8) is 0 Å². The third-order valence-electron chi connectivity index (χ3n) is 3.34. The summed E-state index contributed by atoms with van der Waals surface area (Å²) in [4.78, 5) is 5.48. The average Bonchev–Trinajstić information content (AvgIpc) is 2.74. The van der Waals surface area contributed by atoms with Crippen LogP contribution >= 0.6 is 0 Å². The first-order valence-electron chi connectivity index (χ1n) is 5.78. The fourth-order valence-electron chi connectivity index (χ4n) is 2.37. The lowest BCUT2D eigenvalue weighted by atomic mass is 9.87. The molecule has 2 N–H and O–H groups in total. The zero-order chi connectivity index (χ0) is 10.7. The van der Waals surface area contributed by atoms with Gasteiger partial charge in [0.2, 0.25) is 0 Å². The predicted octanol–water partition coefficient (Wildman–Crippen LogP) is 2.00. The van der Waals surface area contributed by atoms with Gasteiger partial charge in [0.1, 0.15) is 5.82 Å². The molecule has 0 radical (unpaired) electrons. The second-order valence-corrected chi connectivity index (χ2v) is 4.61. The molecule has 1 aliphatic rings. The molecule has 84 valence electrons. The first-order valence-corrected chi connectivity index (χ1v) is 5.78. The van der Waals surface area contributed by atoms with Crippen LogP contribution < -0.4 is 4.90 Å². The van der Waals surface area contributed by atoms with E-state index in [2.05, 4.69) is 23.0 Å². The van der Waals surface area contributed by atoms with Gasteiger partial charge in [0, 0.05) is 19.8 Å². The summed E-state index contributed by atoms with van der Waals surface area (Å²) in [7, 11) is 2.12. The number of aliphatic hydroxyl groups excluding tert-OH is 1. The normalized spacial score (nSPS) is 26.5. The van der Waals surface area contributed by atoms with Crippen molar-refractivity contribution in [2.75, 3.05) is 18.5 Å². The molecule has 1 aromatic rings. The molecule has 0 saturated heterocycles. The van der Waals surface area contributed by atoms with Crippen LogP contribution in [-0.2, 0) is 0 Å². The highest BCUT2D eigenvalue weighted by Gasteiger charge is 2.20. The fourth-order valence-corrected chi connectivity index (χ4v) is 2.37. The Kier molecular flexibility index (Phi) is 3.31. The highest BCUT2D eigenvalue weighted by atomic mass is 16.3. The van der Waals surface area contributed by atoms with E-state index >= 15 is 0 Å². The van der Waals surface area contributed by atoms with Gasteiger partial charge in [0.25, 0.3) is 0 Å². The van der Waals surface area contributed by atoms with Gasteiger partial charge in [-0.05, 0) is 43.7 Å². The number of aliphatic hydroxyl groups is 1. The lowest BCUT2D eigenvalue weighted by Crippen LogP contribution is -2.29. The van der Waals surface area contributed by atoms with Crippen molar-refractivity contribution in [2.24, 2.45) is 5.92 Å². The summed E-state index contributed by atoms with van der Waals surface area (Å²) in [6.45, 7) is 1.09. The van der Waals surface area contributed by atoms with Gasteiger partial charge in [-0.1, -0.05) is 0 Å². The van der Waals surface area contributed by atoms with Crippen LogP contribution in [-0.4, -0.2) is 29.8 Å². The molecule has 0 aliphatic heterocycles. The van der Waals surface area contributed by atoms with Crippen molar-refractivity contribution in [2.45, 2.75) is 31.8 Å². The van der Waals surface area contributed by atoms with Gasteiger partial charge in [-0.15, -0.1) is 0 Å². The van der Waals surface area contributed by atoms with Gasteiger partial charge < -0.3 is 15.0 Å². The van der Waals surface area contributed by atoms with E-state index in [9.17, 15) is 5.11 Å². The molecule has 0 atom stereocenters. The average molecular weight is 208 g/mol. The smallest absolute Gasteiger partial charge is 0.105 e. The number of anilines is 1. The molecule has 15 heavy (non-hydrogen) atoms. The quantitative estimate of drug-likeness (QED) is 0.797. The predicted molar refractivity (Wildman–Crippen MR) is 62.0 cm³/mol. The standard InChI is InChI=1S/C12H20N2O/c1-14(12-3-2-8-13-12)9-10-4-6-11(15)7-5-10/h2-3,8,10-11,13,15H,4-7,9H2,1H3. The van der Waals surface area contributed by atoms with Gasteiger partial charge in [-0.2, -0.15) is 0 Å². The van der Waals surface area contributed by atoms with Crippen LogP contribution in [0.4, 0.5) is 5.82 Å². The molecule has 0 amide bonds. The summed E-state index contributed by atoms with van der Waals surface area (Å²) in [6, 6.07) is 4.12. The summed E-state index contributed by atoms with van der Waals surface area (Å²) >= 11 is 0. The Labute approximate surface area is 91.1 Å². The second-order valence-electron chi connectivity index (χ2n) is 4.61. The second kappa shape index (κ2) is 4.71. The number of rotatable bonds is 3. The van der Waals surface area contributed by atoms with Crippen molar-refractivity contribution >= 4 is 5.82 Å². The summed E-state index contributed by atoms with van der Waals surface area (Å²) in [5.74, 6) is 1.92. The fraction of sp³-hybridized carbons (Fsp3) is 0.667. The highest BCUT2D eigenvalue weighted by Crippen LogP contribution is 2.25. The molecule has 3 heteroatoms. The monoisotopic (exact) mass is 208 g/mol. The van der Waals surface area contributed by atoms with E-state index in [0.717, 1.165) is 38.1 Å². The van der Waals surface area contributed by atoms with E-state index in [-0.39, 0.29) is 6.10 Å². The van der Waals surface area contributed by atoms with E-state index in [1.165, 1.54) is 5.82 Å². The summed E-state index contributed by atoms with van der Waals surface area (Å²) in [5, 5.41) is 9.43. The maximum atomic E-state index is 9.43. The summed E-state index contributed by atoms with van der Waals surface area (Å²) in [6.07, 6.45) is 6.18. The number of aromatic amines is 1. The molecule has 0 bridgehead atoms. The van der Waals surface area contributed by atoms with Gasteiger partial charge in [-0.3, -0.25) is 0 Å². The van der Waals surface area contributed by atoms with E-state index < -0.39 is 0 Å². The van der Waals surface area contributed by atoms with Crippen molar-refractivity contribution in [3.05, 3.63) is 18.3 Å². The lowest BCUT2D eigenvalue weighted by molar-refractivity contribution is 0.110. The minimum absolute atomic E-state index is 0.0444. The first kappa shape index (κ1) is 10.6. The van der Waals surface area contributed by atoms with Crippen molar-refractivity contribution in [3.8, 4) is 0 Å². The van der Waals surface area contributed by atoms with Crippen LogP contribution in [0.15, 0.2) is 18.3 Å². The zero-order valence-electron chi connectivity index (χ0n) is 9.32. The molecular formula is C12H20N2O. The Bertz CT molecular complexity index is 276. The summed E-state index contributed by atoms with van der Waals surface area (Å²) in [5.41, 5.74) is 0. The molecule has 3 nitrogen and oxygen atoms in total. The van der Waals surface area contributed by atoms with Crippen molar-refractivity contribution in [1.29, 1.82) is 0 Å². The Balaban J connectivity index is 1.82. The zero-order valence-corrected chi connectivity index (χ0v) is 9.32. The Hall–Kier alpha value is -0.960. The molecule has 0 aromatic carbocycles. The largest absolute Gasteiger partial charge is 0.393 e. The number of hydrogen-bond acceptors (Lipinski definition) is 2. The number of nitrogens with one attached hydrogen (secondary N) is 1. The maximum absolute atomic E-state index is 9.43. The molecule has 1 heterocycles.